The van der Waals surface area contributed by atoms with Crippen molar-refractivity contribution in [3.63, 3.8) is 0 Å². The minimum Gasteiger partial charge on any atom is -0.496 e. The second-order valence-electron chi connectivity index (χ2n) is 5.03. The predicted octanol–water partition coefficient (Wildman–Crippen LogP) is 2.73. The molecule has 0 radical (unpaired) electrons. The summed E-state index contributed by atoms with van der Waals surface area (Å²) in [6.07, 6.45) is -0.0777. The molecule has 0 aliphatic rings. The summed E-state index contributed by atoms with van der Waals surface area (Å²) < 4.78 is 23.8. The van der Waals surface area contributed by atoms with Gasteiger partial charge in [-0.1, -0.05) is 13.8 Å². The molecule has 1 rings (SSSR count). The third-order valence-corrected chi connectivity index (χ3v) is 2.94. The van der Waals surface area contributed by atoms with E-state index in [-0.39, 0.29) is 13.0 Å². The summed E-state index contributed by atoms with van der Waals surface area (Å²) in [4.78, 5) is 11.0. The van der Waals surface area contributed by atoms with E-state index in [0.717, 1.165) is 0 Å². The van der Waals surface area contributed by atoms with Gasteiger partial charge in [0.05, 0.1) is 20.1 Å². The monoisotopic (exact) mass is 270 g/mol. The van der Waals surface area contributed by atoms with Crippen molar-refractivity contribution in [2.75, 3.05) is 14.2 Å². The number of aliphatic carboxylic acids is 1. The van der Waals surface area contributed by atoms with E-state index in [1.807, 2.05) is 0 Å². The average Bonchev–Trinajstić information content (AvgIpc) is 2.26. The number of rotatable bonds is 6. The number of methoxy groups -OCH3 is 2. The number of carboxylic acid groups (broad SMARTS) is 1. The Morgan fingerprint density at radius 3 is 2.47 bits per heavy atom. The van der Waals surface area contributed by atoms with E-state index in [2.05, 4.69) is 0 Å². The Hall–Kier alpha value is -1.62. The normalized spacial score (nSPS) is 11.4. The lowest BCUT2D eigenvalue weighted by atomic mass is 9.78. The van der Waals surface area contributed by atoms with Crippen LogP contribution in [0, 0.1) is 5.82 Å². The number of carbonyl (C=O) groups is 1. The van der Waals surface area contributed by atoms with Gasteiger partial charge in [0.1, 0.15) is 11.6 Å². The predicted molar refractivity (Wildman–Crippen MR) is 68.9 cm³/mol. The number of hydrogen-bond acceptors (Lipinski definition) is 3. The maximum absolute atomic E-state index is 13.5. The molecule has 0 unspecified atom stereocenters. The fraction of sp³-hybridized carbons (Fsp3) is 0.500. The van der Waals surface area contributed by atoms with Crippen molar-refractivity contribution in [3.8, 4) is 5.75 Å². The van der Waals surface area contributed by atoms with E-state index in [9.17, 15) is 9.18 Å². The standard InChI is InChI=1S/C14H19FO4/c1-14(2,7-12(16)17)13-9(8-18-3)5-10(15)6-11(13)19-4/h5-6H,7-8H2,1-4H3,(H,16,17). The third-order valence-electron chi connectivity index (χ3n) is 2.94. The number of carboxylic acids is 1. The Labute approximate surface area is 112 Å². The Bertz CT molecular complexity index is 469. The second-order valence-corrected chi connectivity index (χ2v) is 5.03. The van der Waals surface area contributed by atoms with Crippen LogP contribution in [-0.2, 0) is 21.6 Å². The van der Waals surface area contributed by atoms with Gasteiger partial charge in [-0.15, -0.1) is 0 Å². The Morgan fingerprint density at radius 2 is 2.00 bits per heavy atom. The molecule has 1 N–H and O–H groups in total. The third kappa shape index (κ3) is 3.67. The molecule has 0 saturated heterocycles. The zero-order valence-electron chi connectivity index (χ0n) is 11.6. The van der Waals surface area contributed by atoms with E-state index in [0.29, 0.717) is 16.9 Å². The van der Waals surface area contributed by atoms with Gasteiger partial charge >= 0.3 is 5.97 Å². The van der Waals surface area contributed by atoms with E-state index in [1.54, 1.807) is 13.8 Å². The molecule has 1 aromatic carbocycles. The molecule has 4 nitrogen and oxygen atoms in total. The molecule has 1 aromatic rings. The van der Waals surface area contributed by atoms with Crippen LogP contribution in [0.25, 0.3) is 0 Å². The summed E-state index contributed by atoms with van der Waals surface area (Å²) in [5, 5.41) is 9.00. The smallest absolute Gasteiger partial charge is 0.304 e. The molecule has 0 fully saturated rings. The lowest BCUT2D eigenvalue weighted by molar-refractivity contribution is -0.138. The van der Waals surface area contributed by atoms with Crippen LogP contribution in [0.2, 0.25) is 0 Å². The van der Waals surface area contributed by atoms with Crippen LogP contribution in [0.5, 0.6) is 5.75 Å². The number of benzene rings is 1. The quantitative estimate of drug-likeness (QED) is 0.863. The minimum absolute atomic E-state index is 0.0777. The first-order valence-electron chi connectivity index (χ1n) is 5.89. The van der Waals surface area contributed by atoms with E-state index >= 15 is 0 Å². The fourth-order valence-corrected chi connectivity index (χ4v) is 2.30. The summed E-state index contributed by atoms with van der Waals surface area (Å²) >= 11 is 0. The van der Waals surface area contributed by atoms with E-state index in [4.69, 9.17) is 14.6 Å². The topological polar surface area (TPSA) is 55.8 Å². The van der Waals surface area contributed by atoms with Gasteiger partial charge < -0.3 is 14.6 Å². The fourth-order valence-electron chi connectivity index (χ4n) is 2.30. The second kappa shape index (κ2) is 6.02. The molecule has 0 aliphatic heterocycles. The summed E-state index contributed by atoms with van der Waals surface area (Å²) in [7, 11) is 2.94. The summed E-state index contributed by atoms with van der Waals surface area (Å²) in [6.45, 7) is 3.78. The highest BCUT2D eigenvalue weighted by molar-refractivity contribution is 5.69. The van der Waals surface area contributed by atoms with Crippen LogP contribution in [0.3, 0.4) is 0 Å². The van der Waals surface area contributed by atoms with Gasteiger partial charge in [0, 0.05) is 24.2 Å². The van der Waals surface area contributed by atoms with Gasteiger partial charge in [0.2, 0.25) is 0 Å². The van der Waals surface area contributed by atoms with Crippen LogP contribution < -0.4 is 4.74 Å². The first-order chi connectivity index (χ1) is 8.81. The molecule has 0 saturated carbocycles. The van der Waals surface area contributed by atoms with Gasteiger partial charge in [-0.2, -0.15) is 0 Å². The highest BCUT2D eigenvalue weighted by Crippen LogP contribution is 2.38. The minimum atomic E-state index is -0.917. The van der Waals surface area contributed by atoms with E-state index in [1.165, 1.54) is 26.4 Å². The van der Waals surface area contributed by atoms with Crippen molar-refractivity contribution in [2.45, 2.75) is 32.3 Å². The average molecular weight is 270 g/mol. The maximum atomic E-state index is 13.5. The van der Waals surface area contributed by atoms with Crippen molar-refractivity contribution < 1.29 is 23.8 Å². The van der Waals surface area contributed by atoms with Crippen LogP contribution in [0.15, 0.2) is 12.1 Å². The molecule has 0 heterocycles. The largest absolute Gasteiger partial charge is 0.496 e. The summed E-state index contributed by atoms with van der Waals surface area (Å²) in [5.41, 5.74) is 0.588. The lowest BCUT2D eigenvalue weighted by Crippen LogP contribution is -2.24. The first-order valence-corrected chi connectivity index (χ1v) is 5.89. The number of halogens is 1. The van der Waals surface area contributed by atoms with E-state index < -0.39 is 17.2 Å². The van der Waals surface area contributed by atoms with Crippen LogP contribution in [0.4, 0.5) is 4.39 Å². The number of hydrogen-bond donors (Lipinski definition) is 1. The van der Waals surface area contributed by atoms with Crippen molar-refractivity contribution >= 4 is 5.97 Å². The van der Waals surface area contributed by atoms with Crippen molar-refractivity contribution in [3.05, 3.63) is 29.1 Å². The molecule has 0 bridgehead atoms. The van der Waals surface area contributed by atoms with Crippen LogP contribution >= 0.6 is 0 Å². The summed E-state index contributed by atoms with van der Waals surface area (Å²) in [5.74, 6) is -1.00. The maximum Gasteiger partial charge on any atom is 0.304 e. The zero-order valence-corrected chi connectivity index (χ0v) is 11.6. The molecule has 5 heteroatoms. The van der Waals surface area contributed by atoms with Crippen molar-refractivity contribution in [1.82, 2.24) is 0 Å². The zero-order chi connectivity index (χ0) is 14.6. The van der Waals surface area contributed by atoms with Gasteiger partial charge in [0.15, 0.2) is 0 Å². The molecule has 0 atom stereocenters. The van der Waals surface area contributed by atoms with Gasteiger partial charge in [0.25, 0.3) is 0 Å². The van der Waals surface area contributed by atoms with Crippen molar-refractivity contribution in [1.29, 1.82) is 0 Å². The molecule has 0 aliphatic carbocycles. The van der Waals surface area contributed by atoms with Crippen LogP contribution in [-0.4, -0.2) is 25.3 Å². The van der Waals surface area contributed by atoms with Crippen LogP contribution in [0.1, 0.15) is 31.4 Å². The van der Waals surface area contributed by atoms with Crippen molar-refractivity contribution in [2.24, 2.45) is 0 Å². The van der Waals surface area contributed by atoms with Gasteiger partial charge in [-0.25, -0.2) is 4.39 Å². The molecule has 0 spiro atoms. The molecular weight excluding hydrogens is 251 g/mol. The SMILES string of the molecule is COCc1cc(F)cc(OC)c1C(C)(C)CC(=O)O. The summed E-state index contributed by atoms with van der Waals surface area (Å²) in [6, 6.07) is 2.61. The highest BCUT2D eigenvalue weighted by atomic mass is 19.1. The van der Waals surface area contributed by atoms with Gasteiger partial charge in [-0.05, 0) is 11.6 Å². The molecule has 0 aromatic heterocycles. The highest BCUT2D eigenvalue weighted by Gasteiger charge is 2.30. The lowest BCUT2D eigenvalue weighted by Gasteiger charge is -2.28. The Morgan fingerprint density at radius 1 is 1.37 bits per heavy atom. The Kier molecular flexibility index (Phi) is 4.89. The Balaban J connectivity index is 3.40. The first kappa shape index (κ1) is 15.4. The molecule has 106 valence electrons. The molecule has 0 amide bonds. The molecule has 19 heavy (non-hydrogen) atoms. The molecular formula is C14H19FO4. The number of ether oxygens (including phenoxy) is 2. The van der Waals surface area contributed by atoms with Gasteiger partial charge in [-0.3, -0.25) is 4.79 Å².